The minimum atomic E-state index is -1.21. The Labute approximate surface area is 227 Å². The smallest absolute Gasteiger partial charge is 0.407 e. The van der Waals surface area contributed by atoms with E-state index < -0.39 is 35.5 Å². The van der Waals surface area contributed by atoms with Crippen LogP contribution in [-0.2, 0) is 25.7 Å². The van der Waals surface area contributed by atoms with Crippen LogP contribution in [-0.4, -0.2) is 48.4 Å². The van der Waals surface area contributed by atoms with E-state index in [9.17, 15) is 19.5 Å². The fraction of sp³-hybridized carbons (Fsp3) is 0.323. The van der Waals surface area contributed by atoms with E-state index in [1.165, 1.54) is 0 Å². The summed E-state index contributed by atoms with van der Waals surface area (Å²) in [5, 5.41) is 15.1. The first-order valence-corrected chi connectivity index (χ1v) is 13.2. The van der Waals surface area contributed by atoms with E-state index in [2.05, 4.69) is 22.8 Å². The molecular weight excluding hydrogens is 496 g/mol. The zero-order chi connectivity index (χ0) is 27.4. The lowest BCUT2D eigenvalue weighted by Crippen LogP contribution is -2.52. The van der Waals surface area contributed by atoms with Crippen molar-refractivity contribution in [2.45, 2.75) is 44.4 Å². The minimum Gasteiger partial charge on any atom is -0.480 e. The van der Waals surface area contributed by atoms with E-state index in [-0.39, 0.29) is 25.7 Å². The van der Waals surface area contributed by atoms with Gasteiger partial charge in [0.15, 0.2) is 6.04 Å². The minimum absolute atomic E-state index is 0.0602. The Kier molecular flexibility index (Phi) is 7.65. The van der Waals surface area contributed by atoms with Gasteiger partial charge >= 0.3 is 12.1 Å². The zero-order valence-corrected chi connectivity index (χ0v) is 21.8. The van der Waals surface area contributed by atoms with Gasteiger partial charge in [0.1, 0.15) is 6.61 Å². The number of carboxylic acid groups (broad SMARTS) is 1. The van der Waals surface area contributed by atoms with Gasteiger partial charge in [0, 0.05) is 12.5 Å². The van der Waals surface area contributed by atoms with Gasteiger partial charge in [0.25, 0.3) is 0 Å². The average molecular weight is 529 g/mol. The van der Waals surface area contributed by atoms with Crippen molar-refractivity contribution in [2.75, 3.05) is 13.2 Å². The Morgan fingerprint density at radius 2 is 1.51 bits per heavy atom. The van der Waals surface area contributed by atoms with Crippen molar-refractivity contribution in [3.63, 3.8) is 0 Å². The molecule has 0 saturated heterocycles. The summed E-state index contributed by atoms with van der Waals surface area (Å²) in [6.07, 6.45) is -0.259. The van der Waals surface area contributed by atoms with Crippen molar-refractivity contribution in [2.24, 2.45) is 5.41 Å². The van der Waals surface area contributed by atoms with Crippen LogP contribution in [0.15, 0.2) is 78.9 Å². The SMILES string of the molecule is CC(OCc1ccccc1)C(NC(=O)C1(CNC(=O)OCC2c3ccccc3-c3ccccc32)CC1)C(=O)O. The van der Waals surface area contributed by atoms with E-state index in [4.69, 9.17) is 9.47 Å². The van der Waals surface area contributed by atoms with Crippen LogP contribution in [0, 0.1) is 5.41 Å². The predicted octanol–water partition coefficient (Wildman–Crippen LogP) is 4.48. The first-order chi connectivity index (χ1) is 18.9. The fourth-order valence-electron chi connectivity index (χ4n) is 5.10. The molecule has 2 atom stereocenters. The van der Waals surface area contributed by atoms with Crippen molar-refractivity contribution in [3.05, 3.63) is 95.6 Å². The Bertz CT molecular complexity index is 1310. The number of hydrogen-bond acceptors (Lipinski definition) is 5. The molecule has 3 N–H and O–H groups in total. The number of carbonyl (C=O) groups excluding carboxylic acids is 2. The molecule has 2 amide bonds. The first kappa shape index (κ1) is 26.4. The molecule has 8 heteroatoms. The maximum Gasteiger partial charge on any atom is 0.407 e. The zero-order valence-electron chi connectivity index (χ0n) is 21.8. The summed E-state index contributed by atoms with van der Waals surface area (Å²) in [6.45, 7) is 2.10. The van der Waals surface area contributed by atoms with Crippen LogP contribution < -0.4 is 10.6 Å². The van der Waals surface area contributed by atoms with Crippen molar-refractivity contribution < 1.29 is 29.0 Å². The first-order valence-electron chi connectivity index (χ1n) is 13.2. The van der Waals surface area contributed by atoms with Crippen molar-refractivity contribution >= 4 is 18.0 Å². The Morgan fingerprint density at radius 1 is 0.923 bits per heavy atom. The van der Waals surface area contributed by atoms with Gasteiger partial charge in [-0.1, -0.05) is 78.9 Å². The van der Waals surface area contributed by atoms with Gasteiger partial charge in [-0.2, -0.15) is 0 Å². The maximum absolute atomic E-state index is 13.1. The number of ether oxygens (including phenoxy) is 2. The highest BCUT2D eigenvalue weighted by Crippen LogP contribution is 2.46. The van der Waals surface area contributed by atoms with E-state index in [0.29, 0.717) is 12.8 Å². The predicted molar refractivity (Wildman–Crippen MR) is 145 cm³/mol. The van der Waals surface area contributed by atoms with Crippen molar-refractivity contribution in [1.82, 2.24) is 10.6 Å². The average Bonchev–Trinajstić information content (AvgIpc) is 3.69. The number of rotatable bonds is 11. The standard InChI is InChI=1S/C31H32N2O6/c1-20(38-17-21-9-3-2-4-10-21)27(28(34)35)33-29(36)31(15-16-31)19-32-30(37)39-18-26-24-13-7-5-11-22(24)23-12-6-8-14-25(23)26/h2-14,20,26-27H,15-19H2,1H3,(H,32,37)(H,33,36)(H,34,35). The quantitative estimate of drug-likeness (QED) is 0.338. The number of aliphatic carboxylic acids is 1. The molecule has 5 rings (SSSR count). The van der Waals surface area contributed by atoms with Crippen LogP contribution in [0.3, 0.4) is 0 Å². The molecule has 2 aliphatic carbocycles. The lowest BCUT2D eigenvalue weighted by molar-refractivity contribution is -0.147. The number of carbonyl (C=O) groups is 3. The Hall–Kier alpha value is -4.17. The van der Waals surface area contributed by atoms with Gasteiger partial charge in [0.05, 0.1) is 18.1 Å². The third kappa shape index (κ3) is 5.81. The van der Waals surface area contributed by atoms with Crippen LogP contribution in [0.2, 0.25) is 0 Å². The number of alkyl carbamates (subject to hydrolysis) is 1. The Morgan fingerprint density at radius 3 is 2.10 bits per heavy atom. The normalized spacial score (nSPS) is 16.3. The van der Waals surface area contributed by atoms with E-state index in [0.717, 1.165) is 27.8 Å². The molecule has 8 nitrogen and oxygen atoms in total. The number of hydrogen-bond donors (Lipinski definition) is 3. The summed E-state index contributed by atoms with van der Waals surface area (Å²) in [4.78, 5) is 37.6. The number of nitrogens with one attached hydrogen (secondary N) is 2. The van der Waals surface area contributed by atoms with Gasteiger partial charge in [-0.3, -0.25) is 4.79 Å². The topological polar surface area (TPSA) is 114 Å². The number of fused-ring (bicyclic) bond motifs is 3. The third-order valence-electron chi connectivity index (χ3n) is 7.63. The molecule has 0 aromatic heterocycles. The molecule has 0 spiro atoms. The van der Waals surface area contributed by atoms with Crippen LogP contribution in [0.25, 0.3) is 11.1 Å². The summed E-state index contributed by atoms with van der Waals surface area (Å²) >= 11 is 0. The van der Waals surface area contributed by atoms with E-state index in [1.807, 2.05) is 66.7 Å². The van der Waals surface area contributed by atoms with Gasteiger partial charge < -0.3 is 25.2 Å². The summed E-state index contributed by atoms with van der Waals surface area (Å²) in [5.41, 5.74) is 4.58. The molecule has 3 aromatic carbocycles. The van der Waals surface area contributed by atoms with E-state index >= 15 is 0 Å². The molecule has 39 heavy (non-hydrogen) atoms. The molecule has 0 radical (unpaired) electrons. The molecule has 1 saturated carbocycles. The highest BCUT2D eigenvalue weighted by molar-refractivity contribution is 5.90. The molecule has 0 heterocycles. The second-order valence-electron chi connectivity index (χ2n) is 10.3. The summed E-state index contributed by atoms with van der Waals surface area (Å²) in [6, 6.07) is 24.4. The molecule has 2 aliphatic rings. The second-order valence-corrected chi connectivity index (χ2v) is 10.3. The second kappa shape index (κ2) is 11.3. The van der Waals surface area contributed by atoms with Crippen molar-refractivity contribution in [3.8, 4) is 11.1 Å². The van der Waals surface area contributed by atoms with Gasteiger partial charge in [-0.05, 0) is 47.6 Å². The molecule has 0 aliphatic heterocycles. The van der Waals surface area contributed by atoms with Gasteiger partial charge in [-0.25, -0.2) is 9.59 Å². The molecule has 2 unspecified atom stereocenters. The lowest BCUT2D eigenvalue weighted by Gasteiger charge is -2.24. The molecule has 3 aromatic rings. The maximum atomic E-state index is 13.1. The van der Waals surface area contributed by atoms with Crippen LogP contribution in [0.5, 0.6) is 0 Å². The van der Waals surface area contributed by atoms with Gasteiger partial charge in [-0.15, -0.1) is 0 Å². The highest BCUT2D eigenvalue weighted by atomic mass is 16.5. The number of benzene rings is 3. The molecule has 1 fully saturated rings. The van der Waals surface area contributed by atoms with Crippen LogP contribution >= 0.6 is 0 Å². The summed E-state index contributed by atoms with van der Waals surface area (Å²) < 4.78 is 11.3. The lowest BCUT2D eigenvalue weighted by atomic mass is 9.98. The summed E-state index contributed by atoms with van der Waals surface area (Å²) in [5.74, 6) is -1.65. The number of carboxylic acids is 1. The van der Waals surface area contributed by atoms with Gasteiger partial charge in [0.2, 0.25) is 5.91 Å². The van der Waals surface area contributed by atoms with Crippen molar-refractivity contribution in [1.29, 1.82) is 0 Å². The largest absolute Gasteiger partial charge is 0.480 e. The highest BCUT2D eigenvalue weighted by Gasteiger charge is 2.51. The summed E-state index contributed by atoms with van der Waals surface area (Å²) in [7, 11) is 0. The molecule has 0 bridgehead atoms. The van der Waals surface area contributed by atoms with Crippen LogP contribution in [0.4, 0.5) is 4.79 Å². The van der Waals surface area contributed by atoms with Crippen LogP contribution in [0.1, 0.15) is 42.4 Å². The molecular formula is C31H32N2O6. The third-order valence-corrected chi connectivity index (χ3v) is 7.63. The Balaban J connectivity index is 1.13. The molecule has 202 valence electrons. The number of amides is 2. The monoisotopic (exact) mass is 528 g/mol. The van der Waals surface area contributed by atoms with E-state index in [1.54, 1.807) is 6.92 Å². The fourth-order valence-corrected chi connectivity index (χ4v) is 5.10.